The van der Waals surface area contributed by atoms with Crippen LogP contribution < -0.4 is 5.73 Å². The van der Waals surface area contributed by atoms with Gasteiger partial charge in [0.05, 0.1) is 0 Å². The van der Waals surface area contributed by atoms with Gasteiger partial charge in [-0.25, -0.2) is 4.79 Å². The lowest BCUT2D eigenvalue weighted by molar-refractivity contribution is 0.190. The fraction of sp³-hybridized carbons (Fsp3) is 0. The third-order valence-corrected chi connectivity index (χ3v) is 0.702. The highest BCUT2D eigenvalue weighted by molar-refractivity contribution is 5.66. The van der Waals surface area contributed by atoms with Crippen molar-refractivity contribution in [2.75, 3.05) is 0 Å². The smallest absolute Gasteiger partial charge is 0.409 e. The van der Waals surface area contributed by atoms with Gasteiger partial charge in [0.1, 0.15) is 5.76 Å². The van der Waals surface area contributed by atoms with Gasteiger partial charge in [0, 0.05) is 0 Å². The van der Waals surface area contributed by atoms with Crippen LogP contribution in [0.15, 0.2) is 37.1 Å². The van der Waals surface area contributed by atoms with E-state index in [1.54, 1.807) is 0 Å². The molecule has 3 heteroatoms. The van der Waals surface area contributed by atoms with Gasteiger partial charge in [-0.1, -0.05) is 19.2 Å². The van der Waals surface area contributed by atoms with Crippen LogP contribution >= 0.6 is 0 Å². The Morgan fingerprint density at radius 1 is 1.50 bits per heavy atom. The van der Waals surface area contributed by atoms with E-state index in [1.807, 2.05) is 0 Å². The molecule has 0 bridgehead atoms. The minimum atomic E-state index is -0.854. The van der Waals surface area contributed by atoms with E-state index in [4.69, 9.17) is 5.73 Å². The van der Waals surface area contributed by atoms with Crippen LogP contribution in [0, 0.1) is 0 Å². The maximum absolute atomic E-state index is 10.1. The van der Waals surface area contributed by atoms with Crippen molar-refractivity contribution in [1.82, 2.24) is 0 Å². The molecule has 0 atom stereocenters. The minimum absolute atomic E-state index is 0.294. The second kappa shape index (κ2) is 4.38. The van der Waals surface area contributed by atoms with Crippen molar-refractivity contribution in [2.24, 2.45) is 5.73 Å². The fourth-order valence-corrected chi connectivity index (χ4v) is 0.376. The summed E-state index contributed by atoms with van der Waals surface area (Å²) in [6.45, 7) is 6.78. The molecule has 10 heavy (non-hydrogen) atoms. The summed E-state index contributed by atoms with van der Waals surface area (Å²) in [4.78, 5) is 10.1. The summed E-state index contributed by atoms with van der Waals surface area (Å²) in [6.07, 6.45) is 3.47. The molecule has 0 radical (unpaired) electrons. The van der Waals surface area contributed by atoms with Crippen molar-refractivity contribution >= 4 is 6.09 Å². The number of hydrogen-bond acceptors (Lipinski definition) is 2. The topological polar surface area (TPSA) is 52.3 Å². The number of hydrogen-bond donors (Lipinski definition) is 1. The lowest BCUT2D eigenvalue weighted by Gasteiger charge is -1.97. The molecular formula is C7H9NO2. The normalized spacial score (nSPS) is 10.2. The van der Waals surface area contributed by atoms with Crippen LogP contribution in [0.25, 0.3) is 0 Å². The van der Waals surface area contributed by atoms with Crippen molar-refractivity contribution in [3.8, 4) is 0 Å². The monoisotopic (exact) mass is 139 g/mol. The molecular weight excluding hydrogens is 130 g/mol. The molecule has 3 nitrogen and oxygen atoms in total. The zero-order valence-electron chi connectivity index (χ0n) is 5.54. The van der Waals surface area contributed by atoms with E-state index in [0.29, 0.717) is 5.76 Å². The summed E-state index contributed by atoms with van der Waals surface area (Å²) in [6, 6.07) is 0. The lowest BCUT2D eigenvalue weighted by Crippen LogP contribution is -2.11. The van der Waals surface area contributed by atoms with Gasteiger partial charge in [-0.3, -0.25) is 0 Å². The van der Waals surface area contributed by atoms with E-state index >= 15 is 0 Å². The second-order valence-corrected chi connectivity index (χ2v) is 1.43. The first-order valence-electron chi connectivity index (χ1n) is 2.63. The SMILES string of the molecule is C=C/C=C(\C=C)OC(N)=O. The molecule has 0 unspecified atom stereocenters. The number of ether oxygens (including phenoxy) is 1. The predicted molar refractivity (Wildman–Crippen MR) is 39.1 cm³/mol. The van der Waals surface area contributed by atoms with Crippen LogP contribution in [-0.4, -0.2) is 6.09 Å². The number of carbonyl (C=O) groups is 1. The molecule has 0 aliphatic rings. The first kappa shape index (κ1) is 8.49. The summed E-state index contributed by atoms with van der Waals surface area (Å²) >= 11 is 0. The second-order valence-electron chi connectivity index (χ2n) is 1.43. The van der Waals surface area contributed by atoms with Gasteiger partial charge in [-0.05, 0) is 12.2 Å². The van der Waals surface area contributed by atoms with Crippen LogP contribution in [0.2, 0.25) is 0 Å². The standard InChI is InChI=1S/C7H9NO2/c1-3-5-6(4-2)10-7(8)9/h3-5H,1-2H2,(H2,8,9)/b6-5+. The highest BCUT2D eigenvalue weighted by Crippen LogP contribution is 1.97. The largest absolute Gasteiger partial charge is 0.411 e. The van der Waals surface area contributed by atoms with Gasteiger partial charge < -0.3 is 10.5 Å². The van der Waals surface area contributed by atoms with Crippen LogP contribution in [0.4, 0.5) is 4.79 Å². The summed E-state index contributed by atoms with van der Waals surface area (Å²) in [5, 5.41) is 0. The van der Waals surface area contributed by atoms with Crippen LogP contribution in [0.3, 0.4) is 0 Å². The van der Waals surface area contributed by atoms with Crippen molar-refractivity contribution in [2.45, 2.75) is 0 Å². The number of primary amides is 1. The average Bonchev–Trinajstić information content (AvgIpc) is 1.86. The summed E-state index contributed by atoms with van der Waals surface area (Å²) in [7, 11) is 0. The fourth-order valence-electron chi connectivity index (χ4n) is 0.376. The maximum atomic E-state index is 10.1. The Morgan fingerprint density at radius 2 is 2.10 bits per heavy atom. The molecule has 0 spiro atoms. The maximum Gasteiger partial charge on any atom is 0.409 e. The van der Waals surface area contributed by atoms with Crippen LogP contribution in [0.1, 0.15) is 0 Å². The summed E-state index contributed by atoms with van der Waals surface area (Å²) in [5.74, 6) is 0.294. The molecule has 0 aliphatic heterocycles. The van der Waals surface area contributed by atoms with Crippen LogP contribution in [-0.2, 0) is 4.74 Å². The predicted octanol–water partition coefficient (Wildman–Crippen LogP) is 1.34. The Hall–Kier alpha value is -1.51. The van der Waals surface area contributed by atoms with Crippen molar-refractivity contribution in [3.05, 3.63) is 37.1 Å². The molecule has 0 saturated carbocycles. The third kappa shape index (κ3) is 3.49. The van der Waals surface area contributed by atoms with E-state index < -0.39 is 6.09 Å². The Labute approximate surface area is 59.5 Å². The molecule has 0 rings (SSSR count). The van der Waals surface area contributed by atoms with Gasteiger partial charge in [0.15, 0.2) is 0 Å². The van der Waals surface area contributed by atoms with E-state index in [2.05, 4.69) is 17.9 Å². The first-order chi connectivity index (χ1) is 4.70. The van der Waals surface area contributed by atoms with Crippen molar-refractivity contribution in [1.29, 1.82) is 0 Å². The molecule has 0 heterocycles. The summed E-state index contributed by atoms with van der Waals surface area (Å²) < 4.78 is 4.45. The van der Waals surface area contributed by atoms with E-state index in [9.17, 15) is 4.79 Å². The highest BCUT2D eigenvalue weighted by Gasteiger charge is 1.94. The molecule has 0 aromatic heterocycles. The number of allylic oxidation sites excluding steroid dienone is 3. The molecule has 54 valence electrons. The van der Waals surface area contributed by atoms with E-state index in [-0.39, 0.29) is 0 Å². The van der Waals surface area contributed by atoms with Crippen molar-refractivity contribution < 1.29 is 9.53 Å². The molecule has 0 fully saturated rings. The molecule has 0 aromatic carbocycles. The zero-order chi connectivity index (χ0) is 7.98. The Bertz CT molecular complexity index is 182. The minimum Gasteiger partial charge on any atom is -0.411 e. The molecule has 0 saturated heterocycles. The van der Waals surface area contributed by atoms with Crippen molar-refractivity contribution in [3.63, 3.8) is 0 Å². The molecule has 0 aliphatic carbocycles. The quantitative estimate of drug-likeness (QED) is 0.473. The van der Waals surface area contributed by atoms with Gasteiger partial charge in [0.2, 0.25) is 0 Å². The number of nitrogens with two attached hydrogens (primary N) is 1. The zero-order valence-corrected chi connectivity index (χ0v) is 5.54. The van der Waals surface area contributed by atoms with Gasteiger partial charge in [-0.15, -0.1) is 0 Å². The molecule has 0 aromatic rings. The summed E-state index contributed by atoms with van der Waals surface area (Å²) in [5.41, 5.74) is 4.72. The number of amides is 1. The van der Waals surface area contributed by atoms with Gasteiger partial charge >= 0.3 is 6.09 Å². The van der Waals surface area contributed by atoms with E-state index in [0.717, 1.165) is 0 Å². The average molecular weight is 139 g/mol. The van der Waals surface area contributed by atoms with E-state index in [1.165, 1.54) is 18.2 Å². The Morgan fingerprint density at radius 3 is 2.40 bits per heavy atom. The Balaban J connectivity index is 4.08. The number of rotatable bonds is 3. The molecule has 1 amide bonds. The Kier molecular flexibility index (Phi) is 3.72. The number of carbonyl (C=O) groups excluding carboxylic acids is 1. The van der Waals surface area contributed by atoms with Crippen LogP contribution in [0.5, 0.6) is 0 Å². The molecule has 2 N–H and O–H groups in total. The lowest BCUT2D eigenvalue weighted by atomic mass is 10.4. The van der Waals surface area contributed by atoms with Gasteiger partial charge in [-0.2, -0.15) is 0 Å². The first-order valence-corrected chi connectivity index (χ1v) is 2.63. The van der Waals surface area contributed by atoms with Gasteiger partial charge in [0.25, 0.3) is 0 Å². The third-order valence-electron chi connectivity index (χ3n) is 0.702. The highest BCUT2D eigenvalue weighted by atomic mass is 16.5.